The van der Waals surface area contributed by atoms with Gasteiger partial charge in [0.1, 0.15) is 11.5 Å². The largest absolute Gasteiger partial charge is 0.508 e. The highest BCUT2D eigenvalue weighted by atomic mass is 16.3. The molecule has 2 N–H and O–H groups in total. The highest BCUT2D eigenvalue weighted by molar-refractivity contribution is 5.19. The van der Waals surface area contributed by atoms with Crippen molar-refractivity contribution in [3.63, 3.8) is 0 Å². The Kier molecular flexibility index (Phi) is 6.42. The molecule has 15 heavy (non-hydrogen) atoms. The van der Waals surface area contributed by atoms with Gasteiger partial charge in [-0.2, -0.15) is 0 Å². The van der Waals surface area contributed by atoms with Gasteiger partial charge in [0.2, 0.25) is 0 Å². The van der Waals surface area contributed by atoms with Crippen LogP contribution < -0.4 is 6.15 Å². The molecule has 3 radical (unpaired) electrons. The minimum absolute atomic E-state index is 0. The fourth-order valence-corrected chi connectivity index (χ4v) is 0.856. The van der Waals surface area contributed by atoms with Crippen LogP contribution in [0.4, 0.5) is 0 Å². The minimum atomic E-state index is 0. The second kappa shape index (κ2) is 7.41. The zero-order chi connectivity index (χ0) is 10.2. The van der Waals surface area contributed by atoms with Crippen molar-refractivity contribution in [1.82, 2.24) is 6.15 Å². The van der Waals surface area contributed by atoms with Crippen LogP contribution in [0.1, 0.15) is 0 Å². The third-order valence-corrected chi connectivity index (χ3v) is 1.51. The maximum absolute atomic E-state index is 8.63. The van der Waals surface area contributed by atoms with Gasteiger partial charge in [0.25, 0.3) is 0 Å². The Balaban J connectivity index is 0.000000245. The molecule has 0 bridgehead atoms. The first kappa shape index (κ1) is 13.0. The molecular weight excluding hydrogens is 190 g/mol. The molecule has 2 aromatic carbocycles. The number of phenolic OH excluding ortho intramolecular Hbond substituents is 2. The number of benzene rings is 2. The van der Waals surface area contributed by atoms with Gasteiger partial charge in [-0.05, 0) is 24.3 Å². The third kappa shape index (κ3) is 6.12. The summed E-state index contributed by atoms with van der Waals surface area (Å²) in [5.41, 5.74) is 0. The summed E-state index contributed by atoms with van der Waals surface area (Å²) in [6.45, 7) is 0. The molecule has 0 spiro atoms. The molecule has 0 aliphatic carbocycles. The van der Waals surface area contributed by atoms with E-state index in [1.54, 1.807) is 48.5 Å². The smallest absolute Gasteiger partial charge is 0.115 e. The lowest BCUT2D eigenvalue weighted by Crippen LogP contribution is -1.56. The Morgan fingerprint density at radius 2 is 0.800 bits per heavy atom. The van der Waals surface area contributed by atoms with Gasteiger partial charge in [-0.1, -0.05) is 36.4 Å². The number of nitrogens with zero attached hydrogens (tertiary/aromatic N) is 1. The molecule has 0 atom stereocenters. The van der Waals surface area contributed by atoms with Gasteiger partial charge in [-0.3, -0.25) is 0 Å². The molecule has 0 heterocycles. The molecule has 0 saturated heterocycles. The maximum atomic E-state index is 8.63. The van der Waals surface area contributed by atoms with E-state index in [9.17, 15) is 0 Å². The standard InChI is InChI=1S/2C6H6O.N/c2*7-6-4-2-1-3-5-6;/h2*1-5,7H;. The van der Waals surface area contributed by atoms with Crippen molar-refractivity contribution in [3.8, 4) is 11.5 Å². The molecule has 0 amide bonds. The van der Waals surface area contributed by atoms with Crippen LogP contribution in [0.5, 0.6) is 11.5 Å². The summed E-state index contributed by atoms with van der Waals surface area (Å²) in [5.74, 6) is 0.644. The molecule has 3 heteroatoms. The lowest BCUT2D eigenvalue weighted by Gasteiger charge is -1.82. The molecule has 0 aliphatic heterocycles. The zero-order valence-corrected chi connectivity index (χ0v) is 8.12. The fraction of sp³-hybridized carbons (Fsp3) is 0. The monoisotopic (exact) mass is 202 g/mol. The first-order valence-electron chi connectivity index (χ1n) is 4.27. The molecule has 0 aromatic heterocycles. The predicted octanol–water partition coefficient (Wildman–Crippen LogP) is 2.30. The lowest BCUT2D eigenvalue weighted by atomic mass is 10.3. The molecule has 0 unspecified atom stereocenters. The first-order chi connectivity index (χ1) is 6.79. The normalized spacial score (nSPS) is 8.00. The van der Waals surface area contributed by atoms with Crippen LogP contribution in [0.15, 0.2) is 60.7 Å². The van der Waals surface area contributed by atoms with Crippen LogP contribution in [0.2, 0.25) is 0 Å². The Bertz CT molecular complexity index is 311. The minimum Gasteiger partial charge on any atom is -0.508 e. The quantitative estimate of drug-likeness (QED) is 0.688. The van der Waals surface area contributed by atoms with Gasteiger partial charge in [-0.25, -0.2) is 0 Å². The average molecular weight is 202 g/mol. The van der Waals surface area contributed by atoms with Gasteiger partial charge >= 0.3 is 0 Å². The van der Waals surface area contributed by atoms with Crippen LogP contribution in [-0.4, -0.2) is 10.2 Å². The summed E-state index contributed by atoms with van der Waals surface area (Å²) < 4.78 is 0. The van der Waals surface area contributed by atoms with Crippen LogP contribution in [0.25, 0.3) is 0 Å². The van der Waals surface area contributed by atoms with Crippen molar-refractivity contribution < 1.29 is 10.2 Å². The number of phenols is 2. The second-order valence-corrected chi connectivity index (χ2v) is 2.67. The Hall–Kier alpha value is -2.00. The van der Waals surface area contributed by atoms with Crippen LogP contribution in [0.3, 0.4) is 0 Å². The van der Waals surface area contributed by atoms with Crippen molar-refractivity contribution >= 4 is 0 Å². The topological polar surface area (TPSA) is 71.0 Å². The van der Waals surface area contributed by atoms with Gasteiger partial charge in [0.15, 0.2) is 0 Å². The lowest BCUT2D eigenvalue weighted by molar-refractivity contribution is 0.475. The molecule has 3 nitrogen and oxygen atoms in total. The maximum Gasteiger partial charge on any atom is 0.115 e. The fourth-order valence-electron chi connectivity index (χ4n) is 0.856. The summed E-state index contributed by atoms with van der Waals surface area (Å²) in [6, 6.07) is 17.4. The van der Waals surface area contributed by atoms with E-state index >= 15 is 0 Å². The van der Waals surface area contributed by atoms with Crippen LogP contribution in [0, 0.1) is 0 Å². The van der Waals surface area contributed by atoms with E-state index in [1.807, 2.05) is 12.1 Å². The number of para-hydroxylation sites is 2. The first-order valence-corrected chi connectivity index (χ1v) is 4.27. The molecule has 2 aromatic rings. The molecular formula is C12H12NO2. The van der Waals surface area contributed by atoms with Crippen molar-refractivity contribution in [1.29, 1.82) is 0 Å². The van der Waals surface area contributed by atoms with Crippen LogP contribution >= 0.6 is 0 Å². The molecule has 77 valence electrons. The van der Waals surface area contributed by atoms with Crippen molar-refractivity contribution in [3.05, 3.63) is 60.7 Å². The highest BCUT2D eigenvalue weighted by Gasteiger charge is 1.75. The summed E-state index contributed by atoms with van der Waals surface area (Å²) in [5, 5.41) is 17.3. The molecule has 2 rings (SSSR count). The van der Waals surface area contributed by atoms with Gasteiger partial charge in [0.05, 0.1) is 0 Å². The Labute approximate surface area is 89.2 Å². The second-order valence-electron chi connectivity index (χ2n) is 2.67. The van der Waals surface area contributed by atoms with E-state index in [1.165, 1.54) is 0 Å². The summed E-state index contributed by atoms with van der Waals surface area (Å²) in [6.07, 6.45) is 0. The van der Waals surface area contributed by atoms with E-state index in [-0.39, 0.29) is 6.15 Å². The zero-order valence-electron chi connectivity index (χ0n) is 8.12. The average Bonchev–Trinajstić information content (AvgIpc) is 2.21. The van der Waals surface area contributed by atoms with Gasteiger partial charge < -0.3 is 10.2 Å². The predicted molar refractivity (Wildman–Crippen MR) is 58.3 cm³/mol. The van der Waals surface area contributed by atoms with Crippen LogP contribution in [-0.2, 0) is 0 Å². The van der Waals surface area contributed by atoms with Crippen molar-refractivity contribution in [2.24, 2.45) is 0 Å². The third-order valence-electron chi connectivity index (χ3n) is 1.51. The molecule has 0 saturated carbocycles. The summed E-state index contributed by atoms with van der Waals surface area (Å²) in [4.78, 5) is 0. The van der Waals surface area contributed by atoms with Gasteiger partial charge in [0, 0.05) is 6.15 Å². The number of aromatic hydroxyl groups is 2. The van der Waals surface area contributed by atoms with Crippen molar-refractivity contribution in [2.45, 2.75) is 0 Å². The summed E-state index contributed by atoms with van der Waals surface area (Å²) >= 11 is 0. The summed E-state index contributed by atoms with van der Waals surface area (Å²) in [7, 11) is 0. The molecule has 0 aliphatic rings. The number of rotatable bonds is 0. The van der Waals surface area contributed by atoms with E-state index in [0.29, 0.717) is 11.5 Å². The highest BCUT2D eigenvalue weighted by Crippen LogP contribution is 2.03. The van der Waals surface area contributed by atoms with E-state index < -0.39 is 0 Å². The van der Waals surface area contributed by atoms with Gasteiger partial charge in [-0.15, -0.1) is 0 Å². The van der Waals surface area contributed by atoms with E-state index in [4.69, 9.17) is 10.2 Å². The Morgan fingerprint density at radius 1 is 0.533 bits per heavy atom. The molecule has 0 fully saturated rings. The number of hydrogen-bond donors (Lipinski definition) is 2. The Morgan fingerprint density at radius 3 is 0.933 bits per heavy atom. The SMILES string of the molecule is Oc1ccccc1.Oc1ccccc1.[N]. The van der Waals surface area contributed by atoms with E-state index in [2.05, 4.69) is 0 Å². The van der Waals surface area contributed by atoms with Crippen molar-refractivity contribution in [2.75, 3.05) is 0 Å². The number of hydrogen-bond acceptors (Lipinski definition) is 2. The van der Waals surface area contributed by atoms with E-state index in [0.717, 1.165) is 0 Å².